The highest BCUT2D eigenvalue weighted by Crippen LogP contribution is 2.43. The van der Waals surface area contributed by atoms with Crippen LogP contribution in [-0.2, 0) is 0 Å². The van der Waals surface area contributed by atoms with Gasteiger partial charge in [-0.05, 0) is 32.1 Å². The first kappa shape index (κ1) is 9.01. The SMILES string of the molecule is CC(C)(N)CNCC1(C)CC1. The van der Waals surface area contributed by atoms with E-state index < -0.39 is 0 Å². The maximum Gasteiger partial charge on any atom is 0.0223 e. The highest BCUT2D eigenvalue weighted by molar-refractivity contribution is 4.91. The molecule has 66 valence electrons. The molecule has 0 aromatic rings. The standard InChI is InChI=1S/C9H20N2/c1-8(2,10)6-11-7-9(3)4-5-9/h11H,4-7,10H2,1-3H3. The maximum atomic E-state index is 5.82. The van der Waals surface area contributed by atoms with Crippen molar-refractivity contribution >= 4 is 0 Å². The van der Waals surface area contributed by atoms with Crippen LogP contribution in [0.3, 0.4) is 0 Å². The summed E-state index contributed by atoms with van der Waals surface area (Å²) >= 11 is 0. The minimum Gasteiger partial charge on any atom is -0.324 e. The van der Waals surface area contributed by atoms with Gasteiger partial charge in [-0.25, -0.2) is 0 Å². The van der Waals surface area contributed by atoms with Gasteiger partial charge in [0.2, 0.25) is 0 Å². The minimum atomic E-state index is -0.0642. The summed E-state index contributed by atoms with van der Waals surface area (Å²) in [5, 5.41) is 3.40. The molecular weight excluding hydrogens is 136 g/mol. The molecule has 1 aliphatic rings. The predicted molar refractivity (Wildman–Crippen MR) is 48.5 cm³/mol. The number of nitrogens with two attached hydrogens (primary N) is 1. The van der Waals surface area contributed by atoms with Crippen molar-refractivity contribution in [3.63, 3.8) is 0 Å². The molecule has 1 aliphatic carbocycles. The zero-order valence-corrected chi connectivity index (χ0v) is 7.91. The first-order valence-electron chi connectivity index (χ1n) is 4.41. The van der Waals surface area contributed by atoms with Crippen LogP contribution in [0.15, 0.2) is 0 Å². The van der Waals surface area contributed by atoms with E-state index in [0.29, 0.717) is 5.41 Å². The fourth-order valence-corrected chi connectivity index (χ4v) is 1.08. The average molecular weight is 156 g/mol. The van der Waals surface area contributed by atoms with Crippen LogP contribution in [0, 0.1) is 5.41 Å². The lowest BCUT2D eigenvalue weighted by Gasteiger charge is -2.20. The zero-order chi connectivity index (χ0) is 8.54. The normalized spacial score (nSPS) is 21.8. The summed E-state index contributed by atoms with van der Waals surface area (Å²) < 4.78 is 0. The summed E-state index contributed by atoms with van der Waals surface area (Å²) in [6.45, 7) is 8.48. The molecule has 2 heteroatoms. The highest BCUT2D eigenvalue weighted by atomic mass is 14.9. The smallest absolute Gasteiger partial charge is 0.0223 e. The van der Waals surface area contributed by atoms with Crippen LogP contribution in [0.5, 0.6) is 0 Å². The Balaban J connectivity index is 2.05. The monoisotopic (exact) mass is 156 g/mol. The maximum absolute atomic E-state index is 5.82. The van der Waals surface area contributed by atoms with E-state index >= 15 is 0 Å². The van der Waals surface area contributed by atoms with Gasteiger partial charge in [-0.3, -0.25) is 0 Å². The second kappa shape index (κ2) is 2.76. The first-order valence-corrected chi connectivity index (χ1v) is 4.41. The molecule has 0 aliphatic heterocycles. The molecule has 2 nitrogen and oxygen atoms in total. The van der Waals surface area contributed by atoms with Gasteiger partial charge in [0.05, 0.1) is 0 Å². The molecule has 1 rings (SSSR count). The number of rotatable bonds is 4. The van der Waals surface area contributed by atoms with Crippen molar-refractivity contribution in [3.05, 3.63) is 0 Å². The van der Waals surface area contributed by atoms with Crippen LogP contribution in [0.2, 0.25) is 0 Å². The van der Waals surface area contributed by atoms with E-state index in [1.54, 1.807) is 0 Å². The Morgan fingerprint density at radius 1 is 1.45 bits per heavy atom. The van der Waals surface area contributed by atoms with Gasteiger partial charge in [0.25, 0.3) is 0 Å². The topological polar surface area (TPSA) is 38.0 Å². The average Bonchev–Trinajstić information content (AvgIpc) is 2.44. The Kier molecular flexibility index (Phi) is 2.26. The van der Waals surface area contributed by atoms with Gasteiger partial charge in [0, 0.05) is 18.6 Å². The molecule has 1 saturated carbocycles. The molecule has 0 spiro atoms. The molecule has 0 amide bonds. The fraction of sp³-hybridized carbons (Fsp3) is 1.00. The third-order valence-electron chi connectivity index (χ3n) is 2.24. The van der Waals surface area contributed by atoms with E-state index in [1.807, 2.05) is 0 Å². The summed E-state index contributed by atoms with van der Waals surface area (Å²) in [6.07, 6.45) is 2.76. The van der Waals surface area contributed by atoms with Gasteiger partial charge >= 0.3 is 0 Å². The Morgan fingerprint density at radius 3 is 2.36 bits per heavy atom. The Bertz CT molecular complexity index is 126. The van der Waals surface area contributed by atoms with Crippen molar-refractivity contribution in [2.75, 3.05) is 13.1 Å². The van der Waals surface area contributed by atoms with Gasteiger partial charge in [0.15, 0.2) is 0 Å². The minimum absolute atomic E-state index is 0.0642. The summed E-state index contributed by atoms with van der Waals surface area (Å²) in [5.74, 6) is 0. The third kappa shape index (κ3) is 3.73. The number of hydrogen-bond donors (Lipinski definition) is 2. The van der Waals surface area contributed by atoms with Crippen molar-refractivity contribution < 1.29 is 0 Å². The van der Waals surface area contributed by atoms with Crippen LogP contribution < -0.4 is 11.1 Å². The third-order valence-corrected chi connectivity index (χ3v) is 2.24. The van der Waals surface area contributed by atoms with E-state index in [0.717, 1.165) is 13.1 Å². The lowest BCUT2D eigenvalue weighted by Crippen LogP contribution is -2.44. The predicted octanol–water partition coefficient (Wildman–Crippen LogP) is 1.11. The molecule has 1 fully saturated rings. The summed E-state index contributed by atoms with van der Waals surface area (Å²) in [5.41, 5.74) is 6.36. The van der Waals surface area contributed by atoms with E-state index in [-0.39, 0.29) is 5.54 Å². The van der Waals surface area contributed by atoms with E-state index in [9.17, 15) is 0 Å². The number of nitrogens with one attached hydrogen (secondary N) is 1. The summed E-state index contributed by atoms with van der Waals surface area (Å²) in [7, 11) is 0. The van der Waals surface area contributed by atoms with Crippen molar-refractivity contribution in [1.29, 1.82) is 0 Å². The Morgan fingerprint density at radius 2 is 2.00 bits per heavy atom. The van der Waals surface area contributed by atoms with E-state index in [1.165, 1.54) is 12.8 Å². The second-order valence-corrected chi connectivity index (χ2v) is 4.90. The largest absolute Gasteiger partial charge is 0.324 e. The van der Waals surface area contributed by atoms with Crippen molar-refractivity contribution in [3.8, 4) is 0 Å². The number of hydrogen-bond acceptors (Lipinski definition) is 2. The van der Waals surface area contributed by atoms with E-state index in [4.69, 9.17) is 5.73 Å². The molecular formula is C9H20N2. The van der Waals surface area contributed by atoms with Gasteiger partial charge in [-0.15, -0.1) is 0 Å². The lowest BCUT2D eigenvalue weighted by molar-refractivity contribution is 0.423. The van der Waals surface area contributed by atoms with Crippen LogP contribution in [-0.4, -0.2) is 18.6 Å². The summed E-state index contributed by atoms with van der Waals surface area (Å²) in [4.78, 5) is 0. The second-order valence-electron chi connectivity index (χ2n) is 4.90. The molecule has 0 unspecified atom stereocenters. The summed E-state index contributed by atoms with van der Waals surface area (Å²) in [6, 6.07) is 0. The Hall–Kier alpha value is -0.0800. The van der Waals surface area contributed by atoms with Crippen molar-refractivity contribution in [2.24, 2.45) is 11.1 Å². The molecule has 0 radical (unpaired) electrons. The van der Waals surface area contributed by atoms with Gasteiger partial charge in [0.1, 0.15) is 0 Å². The van der Waals surface area contributed by atoms with Crippen LogP contribution in [0.1, 0.15) is 33.6 Å². The fourth-order valence-electron chi connectivity index (χ4n) is 1.08. The molecule has 0 aromatic carbocycles. The Labute approximate surface area is 69.5 Å². The van der Waals surface area contributed by atoms with Gasteiger partial charge < -0.3 is 11.1 Å². The highest BCUT2D eigenvalue weighted by Gasteiger charge is 2.36. The molecule has 11 heavy (non-hydrogen) atoms. The van der Waals surface area contributed by atoms with Crippen LogP contribution in [0.25, 0.3) is 0 Å². The van der Waals surface area contributed by atoms with Crippen molar-refractivity contribution in [2.45, 2.75) is 39.2 Å². The van der Waals surface area contributed by atoms with Crippen molar-refractivity contribution in [1.82, 2.24) is 5.32 Å². The molecule has 0 saturated heterocycles. The van der Waals surface area contributed by atoms with E-state index in [2.05, 4.69) is 26.1 Å². The lowest BCUT2D eigenvalue weighted by atomic mass is 10.1. The van der Waals surface area contributed by atoms with Crippen LogP contribution in [0.4, 0.5) is 0 Å². The van der Waals surface area contributed by atoms with Crippen LogP contribution >= 0.6 is 0 Å². The van der Waals surface area contributed by atoms with Gasteiger partial charge in [-0.1, -0.05) is 6.92 Å². The first-order chi connectivity index (χ1) is 4.91. The quantitative estimate of drug-likeness (QED) is 0.640. The molecule has 0 atom stereocenters. The molecule has 0 heterocycles. The van der Waals surface area contributed by atoms with Gasteiger partial charge in [-0.2, -0.15) is 0 Å². The molecule has 0 bridgehead atoms. The zero-order valence-electron chi connectivity index (χ0n) is 7.91. The molecule has 3 N–H and O–H groups in total. The molecule has 0 aromatic heterocycles.